The van der Waals surface area contributed by atoms with Gasteiger partial charge in [0.2, 0.25) is 0 Å². The van der Waals surface area contributed by atoms with Gasteiger partial charge in [-0.25, -0.2) is 9.59 Å². The molecule has 2 rings (SSSR count). The van der Waals surface area contributed by atoms with Crippen LogP contribution in [0.15, 0.2) is 61.2 Å². The van der Waals surface area contributed by atoms with Gasteiger partial charge in [0.05, 0.1) is 12.7 Å². The fourth-order valence-corrected chi connectivity index (χ4v) is 1.63. The largest absolute Gasteiger partial charge is 0.497 e. The first-order valence-corrected chi connectivity index (χ1v) is 6.43. The molecule has 0 unspecified atom stereocenters. The summed E-state index contributed by atoms with van der Waals surface area (Å²) in [6, 6.07) is 12.7. The van der Waals surface area contributed by atoms with Crippen LogP contribution in [-0.4, -0.2) is 19.0 Å². The predicted molar refractivity (Wildman–Crippen MR) is 80.2 cm³/mol. The monoisotopic (exact) mass is 298 g/mol. The van der Waals surface area contributed by atoms with Crippen molar-refractivity contribution in [2.75, 3.05) is 7.11 Å². The third-order valence-corrected chi connectivity index (χ3v) is 2.75. The van der Waals surface area contributed by atoms with Crippen LogP contribution in [-0.2, 0) is 4.79 Å². The molecule has 5 heteroatoms. The van der Waals surface area contributed by atoms with Crippen LogP contribution in [0.5, 0.6) is 17.2 Å². The molecule has 0 saturated heterocycles. The molecule has 2 aromatic rings. The number of carbonyl (C=O) groups excluding carboxylic acids is 2. The van der Waals surface area contributed by atoms with E-state index >= 15 is 0 Å². The average molecular weight is 298 g/mol. The molecule has 0 heterocycles. The first kappa shape index (κ1) is 15.3. The Hall–Kier alpha value is -3.08. The molecule has 0 radical (unpaired) electrons. The first-order valence-electron chi connectivity index (χ1n) is 6.43. The summed E-state index contributed by atoms with van der Waals surface area (Å²) in [7, 11) is 1.55. The predicted octanol–water partition coefficient (Wildman–Crippen LogP) is 3.01. The van der Waals surface area contributed by atoms with Crippen molar-refractivity contribution < 1.29 is 23.8 Å². The van der Waals surface area contributed by atoms with E-state index in [9.17, 15) is 9.59 Å². The number of carbonyl (C=O) groups is 2. The van der Waals surface area contributed by atoms with Gasteiger partial charge in [0.15, 0.2) is 0 Å². The molecular formula is C17H14O5. The third kappa shape index (κ3) is 3.96. The summed E-state index contributed by atoms with van der Waals surface area (Å²) in [6.45, 7) is 3.31. The molecule has 0 aromatic heterocycles. The minimum Gasteiger partial charge on any atom is -0.497 e. The number of hydrogen-bond acceptors (Lipinski definition) is 5. The molecule has 22 heavy (non-hydrogen) atoms. The van der Waals surface area contributed by atoms with Crippen LogP contribution < -0.4 is 14.2 Å². The Balaban J connectivity index is 2.01. The lowest BCUT2D eigenvalue weighted by atomic mass is 10.2. The summed E-state index contributed by atoms with van der Waals surface area (Å²) in [6.07, 6.45) is 1.07. The zero-order valence-electron chi connectivity index (χ0n) is 11.9. The lowest BCUT2D eigenvalue weighted by Crippen LogP contribution is -2.08. The van der Waals surface area contributed by atoms with Crippen LogP contribution in [0.3, 0.4) is 0 Å². The molecule has 0 bridgehead atoms. The highest BCUT2D eigenvalue weighted by molar-refractivity contribution is 5.91. The van der Waals surface area contributed by atoms with Gasteiger partial charge >= 0.3 is 11.9 Å². The Labute approximate surface area is 127 Å². The van der Waals surface area contributed by atoms with Crippen molar-refractivity contribution in [2.24, 2.45) is 0 Å². The van der Waals surface area contributed by atoms with Crippen LogP contribution in [0.1, 0.15) is 10.4 Å². The first-order chi connectivity index (χ1) is 10.6. The Morgan fingerprint density at radius 1 is 0.864 bits per heavy atom. The molecule has 5 nitrogen and oxygen atoms in total. The third-order valence-electron chi connectivity index (χ3n) is 2.75. The van der Waals surface area contributed by atoms with Gasteiger partial charge in [-0.15, -0.1) is 0 Å². The van der Waals surface area contributed by atoms with Gasteiger partial charge in [-0.3, -0.25) is 0 Å². The van der Waals surface area contributed by atoms with Crippen LogP contribution in [0.4, 0.5) is 0 Å². The zero-order valence-corrected chi connectivity index (χ0v) is 11.9. The van der Waals surface area contributed by atoms with Gasteiger partial charge in [-0.05, 0) is 48.5 Å². The Kier molecular flexibility index (Phi) is 4.93. The summed E-state index contributed by atoms with van der Waals surface area (Å²) in [5.41, 5.74) is 0.406. The minimum absolute atomic E-state index is 0.342. The zero-order chi connectivity index (χ0) is 15.9. The second-order valence-corrected chi connectivity index (χ2v) is 4.21. The smallest absolute Gasteiger partial charge is 0.343 e. The molecule has 0 amide bonds. The van der Waals surface area contributed by atoms with E-state index in [0.29, 0.717) is 22.8 Å². The van der Waals surface area contributed by atoms with E-state index in [0.717, 1.165) is 6.08 Å². The van der Waals surface area contributed by atoms with Crippen molar-refractivity contribution in [3.63, 3.8) is 0 Å². The Bertz CT molecular complexity index is 671. The molecule has 0 aliphatic carbocycles. The van der Waals surface area contributed by atoms with Crippen LogP contribution in [0.2, 0.25) is 0 Å². The van der Waals surface area contributed by atoms with E-state index in [4.69, 9.17) is 14.2 Å². The number of hydrogen-bond donors (Lipinski definition) is 0. The Morgan fingerprint density at radius 3 is 1.86 bits per heavy atom. The van der Waals surface area contributed by atoms with Gasteiger partial charge in [0.1, 0.15) is 17.2 Å². The normalized spacial score (nSPS) is 9.68. The molecule has 0 spiro atoms. The van der Waals surface area contributed by atoms with E-state index in [2.05, 4.69) is 6.58 Å². The standard InChI is InChI=1S/C17H14O5/c1-3-16(18)21-14-8-10-15(11-9-14)22-17(19)12-4-6-13(20-2)7-5-12/h3-11H,1H2,2H3. The van der Waals surface area contributed by atoms with Crippen LogP contribution in [0.25, 0.3) is 0 Å². The van der Waals surface area contributed by atoms with E-state index in [1.807, 2.05) is 0 Å². The summed E-state index contributed by atoms with van der Waals surface area (Å²) in [5.74, 6) is 0.305. The Morgan fingerprint density at radius 2 is 1.36 bits per heavy atom. The number of methoxy groups -OCH3 is 1. The molecular weight excluding hydrogens is 284 g/mol. The summed E-state index contributed by atoms with van der Waals surface area (Å²) in [4.78, 5) is 23.0. The van der Waals surface area contributed by atoms with Crippen molar-refractivity contribution in [3.8, 4) is 17.2 Å². The van der Waals surface area contributed by atoms with Crippen LogP contribution in [0, 0.1) is 0 Å². The van der Waals surface area contributed by atoms with Crippen molar-refractivity contribution in [3.05, 3.63) is 66.7 Å². The second-order valence-electron chi connectivity index (χ2n) is 4.21. The maximum absolute atomic E-state index is 12.0. The molecule has 0 aliphatic heterocycles. The second kappa shape index (κ2) is 7.08. The molecule has 0 saturated carbocycles. The molecule has 2 aromatic carbocycles. The maximum atomic E-state index is 12.0. The average Bonchev–Trinajstić information content (AvgIpc) is 2.56. The van der Waals surface area contributed by atoms with E-state index in [-0.39, 0.29) is 0 Å². The quantitative estimate of drug-likeness (QED) is 0.482. The van der Waals surface area contributed by atoms with Crippen molar-refractivity contribution in [2.45, 2.75) is 0 Å². The number of benzene rings is 2. The van der Waals surface area contributed by atoms with Gasteiger partial charge in [0, 0.05) is 6.08 Å². The number of esters is 2. The fourth-order valence-electron chi connectivity index (χ4n) is 1.63. The van der Waals surface area contributed by atoms with E-state index < -0.39 is 11.9 Å². The number of ether oxygens (including phenoxy) is 3. The van der Waals surface area contributed by atoms with Crippen LogP contribution >= 0.6 is 0 Å². The van der Waals surface area contributed by atoms with E-state index in [1.54, 1.807) is 31.4 Å². The van der Waals surface area contributed by atoms with Gasteiger partial charge in [-0.2, -0.15) is 0 Å². The summed E-state index contributed by atoms with van der Waals surface area (Å²) in [5, 5.41) is 0. The maximum Gasteiger partial charge on any atom is 0.343 e. The topological polar surface area (TPSA) is 61.8 Å². The highest BCUT2D eigenvalue weighted by Gasteiger charge is 2.09. The molecule has 0 aliphatic rings. The number of rotatable bonds is 5. The van der Waals surface area contributed by atoms with Gasteiger partial charge < -0.3 is 14.2 Å². The molecule has 0 N–H and O–H groups in total. The molecule has 0 atom stereocenters. The van der Waals surface area contributed by atoms with Crippen molar-refractivity contribution >= 4 is 11.9 Å². The summed E-state index contributed by atoms with van der Waals surface area (Å²) >= 11 is 0. The van der Waals surface area contributed by atoms with Gasteiger partial charge in [0.25, 0.3) is 0 Å². The van der Waals surface area contributed by atoms with E-state index in [1.165, 1.54) is 24.3 Å². The lowest BCUT2D eigenvalue weighted by molar-refractivity contribution is -0.128. The molecule has 0 fully saturated rings. The highest BCUT2D eigenvalue weighted by Crippen LogP contribution is 2.19. The summed E-state index contributed by atoms with van der Waals surface area (Å²) < 4.78 is 15.2. The fraction of sp³-hybridized carbons (Fsp3) is 0.0588. The minimum atomic E-state index is -0.553. The molecule has 112 valence electrons. The highest BCUT2D eigenvalue weighted by atomic mass is 16.5. The lowest BCUT2D eigenvalue weighted by Gasteiger charge is -2.06. The van der Waals surface area contributed by atoms with Gasteiger partial charge in [-0.1, -0.05) is 6.58 Å². The SMILES string of the molecule is C=CC(=O)Oc1ccc(OC(=O)c2ccc(OC)cc2)cc1. The van der Waals surface area contributed by atoms with Crippen molar-refractivity contribution in [1.82, 2.24) is 0 Å². The van der Waals surface area contributed by atoms with Crippen molar-refractivity contribution in [1.29, 1.82) is 0 Å².